The van der Waals surface area contributed by atoms with Gasteiger partial charge in [0.2, 0.25) is 0 Å². The monoisotopic (exact) mass is 235 g/mol. The highest BCUT2D eigenvalue weighted by Gasteiger charge is 2.05. The zero-order valence-corrected chi connectivity index (χ0v) is 10.3. The number of hydrogen-bond acceptors (Lipinski definition) is 3. The number of benzene rings is 1. The average Bonchev–Trinajstić information content (AvgIpc) is 2.36. The minimum atomic E-state index is 0.0963. The largest absolute Gasteiger partial charge is 0.395 e. The summed E-state index contributed by atoms with van der Waals surface area (Å²) in [5, 5.41) is 18.0. The number of allylic oxidation sites excluding steroid dienone is 2. The first kappa shape index (κ1) is 13.7. The first-order chi connectivity index (χ1) is 8.31. The van der Waals surface area contributed by atoms with Crippen LogP contribution in [0.4, 0.5) is 5.69 Å². The van der Waals surface area contributed by atoms with Crippen molar-refractivity contribution in [3.05, 3.63) is 42.0 Å². The summed E-state index contributed by atoms with van der Waals surface area (Å²) in [6.07, 6.45) is 5.06. The number of rotatable bonds is 7. The van der Waals surface area contributed by atoms with Gasteiger partial charge in [0.25, 0.3) is 0 Å². The fourth-order valence-electron chi connectivity index (χ4n) is 1.75. The van der Waals surface area contributed by atoms with E-state index in [1.165, 1.54) is 5.56 Å². The molecule has 0 spiro atoms. The highest BCUT2D eigenvalue weighted by atomic mass is 16.3. The second kappa shape index (κ2) is 7.87. The van der Waals surface area contributed by atoms with Gasteiger partial charge in [-0.15, -0.1) is 0 Å². The van der Waals surface area contributed by atoms with Crippen molar-refractivity contribution >= 4 is 5.69 Å². The molecule has 3 heteroatoms. The predicted molar refractivity (Wildman–Crippen MR) is 71.3 cm³/mol. The Balaban J connectivity index is 2.79. The molecule has 1 aromatic carbocycles. The number of aliphatic hydroxyl groups excluding tert-OH is 2. The second-order valence-electron chi connectivity index (χ2n) is 3.88. The Hall–Kier alpha value is -1.32. The summed E-state index contributed by atoms with van der Waals surface area (Å²) in [5.74, 6) is 0. The Morgan fingerprint density at radius 1 is 1.18 bits per heavy atom. The van der Waals surface area contributed by atoms with Crippen LogP contribution >= 0.6 is 0 Å². The zero-order chi connectivity index (χ0) is 12.5. The molecule has 2 N–H and O–H groups in total. The molecule has 0 radical (unpaired) electrons. The van der Waals surface area contributed by atoms with Crippen molar-refractivity contribution in [1.29, 1.82) is 0 Å². The third-order valence-corrected chi connectivity index (χ3v) is 2.60. The summed E-state index contributed by atoms with van der Waals surface area (Å²) in [5.41, 5.74) is 2.29. The molecule has 94 valence electrons. The van der Waals surface area contributed by atoms with Crippen molar-refractivity contribution in [2.24, 2.45) is 0 Å². The van der Waals surface area contributed by atoms with Crippen LogP contribution in [0.5, 0.6) is 0 Å². The van der Waals surface area contributed by atoms with Crippen LogP contribution in [-0.2, 0) is 6.42 Å². The summed E-state index contributed by atoms with van der Waals surface area (Å²) in [7, 11) is 0. The maximum atomic E-state index is 9.00. The predicted octanol–water partition coefficient (Wildman–Crippen LogP) is 1.60. The van der Waals surface area contributed by atoms with E-state index in [2.05, 4.69) is 18.2 Å². The van der Waals surface area contributed by atoms with E-state index >= 15 is 0 Å². The van der Waals surface area contributed by atoms with E-state index < -0.39 is 0 Å². The molecule has 1 rings (SSSR count). The molecule has 0 unspecified atom stereocenters. The van der Waals surface area contributed by atoms with Crippen LogP contribution in [0.15, 0.2) is 36.4 Å². The molecule has 0 aliphatic carbocycles. The topological polar surface area (TPSA) is 43.7 Å². The Kier molecular flexibility index (Phi) is 6.37. The first-order valence-electron chi connectivity index (χ1n) is 5.98. The second-order valence-corrected chi connectivity index (χ2v) is 3.88. The van der Waals surface area contributed by atoms with Crippen LogP contribution in [0, 0.1) is 0 Å². The van der Waals surface area contributed by atoms with Gasteiger partial charge < -0.3 is 15.1 Å². The maximum absolute atomic E-state index is 9.00. The average molecular weight is 235 g/mol. The summed E-state index contributed by atoms with van der Waals surface area (Å²) in [4.78, 5) is 1.99. The molecule has 0 bridgehead atoms. The third kappa shape index (κ3) is 4.59. The van der Waals surface area contributed by atoms with Gasteiger partial charge in [0.1, 0.15) is 0 Å². The summed E-state index contributed by atoms with van der Waals surface area (Å²) in [6, 6.07) is 8.20. The van der Waals surface area contributed by atoms with Crippen LogP contribution in [0.3, 0.4) is 0 Å². The number of hydrogen-bond donors (Lipinski definition) is 2. The molecule has 3 nitrogen and oxygen atoms in total. The first-order valence-corrected chi connectivity index (χ1v) is 5.98. The lowest BCUT2D eigenvalue weighted by atomic mass is 10.1. The summed E-state index contributed by atoms with van der Waals surface area (Å²) in [6.45, 7) is 3.30. The van der Waals surface area contributed by atoms with Gasteiger partial charge in [-0.1, -0.05) is 24.3 Å². The quantitative estimate of drug-likeness (QED) is 0.705. The van der Waals surface area contributed by atoms with Crippen molar-refractivity contribution in [3.63, 3.8) is 0 Å². The van der Waals surface area contributed by atoms with Gasteiger partial charge in [0.05, 0.1) is 13.2 Å². The highest BCUT2D eigenvalue weighted by molar-refractivity contribution is 5.49. The van der Waals surface area contributed by atoms with Gasteiger partial charge in [-0.2, -0.15) is 0 Å². The number of nitrogens with zero attached hydrogens (tertiary/aromatic N) is 1. The fourth-order valence-corrected chi connectivity index (χ4v) is 1.75. The number of aliphatic hydroxyl groups is 2. The molecule has 17 heavy (non-hydrogen) atoms. The third-order valence-electron chi connectivity index (χ3n) is 2.60. The molecule has 0 amide bonds. The minimum Gasteiger partial charge on any atom is -0.395 e. The Morgan fingerprint density at radius 3 is 2.47 bits per heavy atom. The van der Waals surface area contributed by atoms with Crippen LogP contribution in [-0.4, -0.2) is 36.5 Å². The van der Waals surface area contributed by atoms with Crippen molar-refractivity contribution in [2.45, 2.75) is 13.3 Å². The molecule has 0 saturated heterocycles. The Morgan fingerprint density at radius 2 is 1.88 bits per heavy atom. The van der Waals surface area contributed by atoms with Crippen LogP contribution in [0.25, 0.3) is 0 Å². The van der Waals surface area contributed by atoms with Crippen molar-refractivity contribution < 1.29 is 10.2 Å². The molecule has 1 aromatic rings. The van der Waals surface area contributed by atoms with Gasteiger partial charge in [-0.05, 0) is 31.0 Å². The van der Waals surface area contributed by atoms with E-state index in [0.717, 1.165) is 12.1 Å². The van der Waals surface area contributed by atoms with E-state index in [4.69, 9.17) is 10.2 Å². The lowest BCUT2D eigenvalue weighted by Crippen LogP contribution is -2.29. The van der Waals surface area contributed by atoms with E-state index in [9.17, 15) is 0 Å². The van der Waals surface area contributed by atoms with Crippen LogP contribution < -0.4 is 4.90 Å². The van der Waals surface area contributed by atoms with Crippen LogP contribution in [0.2, 0.25) is 0 Å². The molecule has 0 heterocycles. The van der Waals surface area contributed by atoms with E-state index in [-0.39, 0.29) is 13.2 Å². The molecule has 0 saturated carbocycles. The van der Waals surface area contributed by atoms with Crippen molar-refractivity contribution in [3.8, 4) is 0 Å². The van der Waals surface area contributed by atoms with Gasteiger partial charge in [0, 0.05) is 18.8 Å². The van der Waals surface area contributed by atoms with E-state index in [1.807, 2.05) is 30.0 Å². The molecular weight excluding hydrogens is 214 g/mol. The molecule has 0 aromatic heterocycles. The Labute approximate surface area is 103 Å². The molecular formula is C14H21NO2. The SMILES string of the molecule is CC=CCc1cccc(N(CCO)CCO)c1. The smallest absolute Gasteiger partial charge is 0.0606 e. The van der Waals surface area contributed by atoms with E-state index in [1.54, 1.807) is 0 Å². The summed E-state index contributed by atoms with van der Waals surface area (Å²) < 4.78 is 0. The molecule has 0 fully saturated rings. The summed E-state index contributed by atoms with van der Waals surface area (Å²) >= 11 is 0. The maximum Gasteiger partial charge on any atom is 0.0606 e. The van der Waals surface area contributed by atoms with Gasteiger partial charge in [-0.3, -0.25) is 0 Å². The standard InChI is InChI=1S/C14H21NO2/c1-2-3-5-13-6-4-7-14(12-13)15(8-10-16)9-11-17/h2-4,6-7,12,16-17H,5,8-11H2,1H3. The lowest BCUT2D eigenvalue weighted by Gasteiger charge is -2.23. The fraction of sp³-hybridized carbons (Fsp3) is 0.429. The molecule has 0 atom stereocenters. The normalized spacial score (nSPS) is 11.0. The van der Waals surface area contributed by atoms with Gasteiger partial charge in [-0.25, -0.2) is 0 Å². The van der Waals surface area contributed by atoms with E-state index in [0.29, 0.717) is 13.1 Å². The van der Waals surface area contributed by atoms with Gasteiger partial charge in [0.15, 0.2) is 0 Å². The zero-order valence-electron chi connectivity index (χ0n) is 10.3. The van der Waals surface area contributed by atoms with Crippen molar-refractivity contribution in [1.82, 2.24) is 0 Å². The molecule has 0 aliphatic heterocycles. The van der Waals surface area contributed by atoms with Crippen molar-refractivity contribution in [2.75, 3.05) is 31.2 Å². The minimum absolute atomic E-state index is 0.0963. The van der Waals surface area contributed by atoms with Crippen LogP contribution in [0.1, 0.15) is 12.5 Å². The van der Waals surface area contributed by atoms with Gasteiger partial charge >= 0.3 is 0 Å². The Bertz CT molecular complexity index is 344. The molecule has 0 aliphatic rings. The lowest BCUT2D eigenvalue weighted by molar-refractivity contribution is 0.281. The highest BCUT2D eigenvalue weighted by Crippen LogP contribution is 2.16. The number of anilines is 1.